The standard InChI is InChI=1S/C24H29FN6O/c1-23-8-9-24(2,29-23)22(25)19(12-23)31(4)21-14-26-18(13-27-21)16-6-5-15(11-20(16)32)17-7-10-30(3)28-17/h5-7,10-11,13-14,19,22,29,32H,8-9,12H2,1-4H3/t19-,22-,23-,24+/m1/s1. The van der Waals surface area contributed by atoms with Crippen LogP contribution in [-0.4, -0.2) is 55.2 Å². The molecule has 2 aliphatic heterocycles. The van der Waals surface area contributed by atoms with E-state index in [2.05, 4.69) is 27.3 Å². The van der Waals surface area contributed by atoms with Crippen LogP contribution in [0.3, 0.4) is 0 Å². The van der Waals surface area contributed by atoms with Crippen molar-refractivity contribution in [3.63, 3.8) is 0 Å². The van der Waals surface area contributed by atoms with Crippen LogP contribution in [0.15, 0.2) is 42.9 Å². The fourth-order valence-corrected chi connectivity index (χ4v) is 5.32. The summed E-state index contributed by atoms with van der Waals surface area (Å²) in [5.41, 5.74) is 2.22. The number of fused-ring (bicyclic) bond motifs is 2. The molecule has 4 atom stereocenters. The van der Waals surface area contributed by atoms with E-state index in [4.69, 9.17) is 0 Å². The fraction of sp³-hybridized carbons (Fsp3) is 0.458. The van der Waals surface area contributed by atoms with E-state index in [0.717, 1.165) is 30.5 Å². The molecule has 32 heavy (non-hydrogen) atoms. The van der Waals surface area contributed by atoms with E-state index < -0.39 is 11.7 Å². The van der Waals surface area contributed by atoms with Gasteiger partial charge in [-0.2, -0.15) is 5.10 Å². The topological polar surface area (TPSA) is 79.1 Å². The summed E-state index contributed by atoms with van der Waals surface area (Å²) in [4.78, 5) is 11.0. The van der Waals surface area contributed by atoms with E-state index in [1.165, 1.54) is 0 Å². The third kappa shape index (κ3) is 3.43. The van der Waals surface area contributed by atoms with Crippen LogP contribution in [0.2, 0.25) is 0 Å². The molecule has 0 amide bonds. The van der Waals surface area contributed by atoms with E-state index in [1.807, 2.05) is 50.3 Å². The molecule has 0 spiro atoms. The zero-order valence-corrected chi connectivity index (χ0v) is 18.9. The second kappa shape index (κ2) is 7.27. The van der Waals surface area contributed by atoms with Crippen LogP contribution in [0.25, 0.3) is 22.5 Å². The second-order valence-electron chi connectivity index (χ2n) is 9.75. The molecule has 7 nitrogen and oxygen atoms in total. The van der Waals surface area contributed by atoms with Crippen molar-refractivity contribution in [1.82, 2.24) is 25.1 Å². The Bertz CT molecular complexity index is 1150. The fourth-order valence-electron chi connectivity index (χ4n) is 5.32. The summed E-state index contributed by atoms with van der Waals surface area (Å²) < 4.78 is 17.1. The summed E-state index contributed by atoms with van der Waals surface area (Å²) in [6.45, 7) is 4.16. The molecule has 2 aliphatic rings. The molecule has 2 aromatic heterocycles. The number of anilines is 1. The summed E-state index contributed by atoms with van der Waals surface area (Å²) in [6, 6.07) is 7.03. The number of piperidine rings is 1. The summed E-state index contributed by atoms with van der Waals surface area (Å²) in [5.74, 6) is 0.739. The molecule has 168 valence electrons. The van der Waals surface area contributed by atoms with Crippen molar-refractivity contribution in [3.05, 3.63) is 42.9 Å². The minimum Gasteiger partial charge on any atom is -0.507 e. The number of benzene rings is 1. The molecule has 1 aromatic carbocycles. The molecular formula is C24H29FN6O. The molecule has 0 aliphatic carbocycles. The number of hydrogen-bond acceptors (Lipinski definition) is 6. The summed E-state index contributed by atoms with van der Waals surface area (Å²) in [7, 11) is 3.74. The molecule has 8 heteroatoms. The smallest absolute Gasteiger partial charge is 0.147 e. The Kier molecular flexibility index (Phi) is 4.74. The van der Waals surface area contributed by atoms with Gasteiger partial charge in [-0.3, -0.25) is 9.67 Å². The zero-order chi connectivity index (χ0) is 22.7. The number of aromatic nitrogens is 4. The van der Waals surface area contributed by atoms with Crippen molar-refractivity contribution in [3.8, 4) is 28.3 Å². The second-order valence-corrected chi connectivity index (χ2v) is 9.75. The maximum atomic E-state index is 15.4. The number of aryl methyl sites for hydroxylation is 1. The average Bonchev–Trinajstić information content (AvgIpc) is 3.32. The van der Waals surface area contributed by atoms with Gasteiger partial charge < -0.3 is 15.3 Å². The van der Waals surface area contributed by atoms with Gasteiger partial charge in [-0.15, -0.1) is 0 Å². The van der Waals surface area contributed by atoms with E-state index in [-0.39, 0.29) is 17.3 Å². The highest BCUT2D eigenvalue weighted by molar-refractivity contribution is 5.72. The first-order valence-electron chi connectivity index (χ1n) is 11.0. The van der Waals surface area contributed by atoms with E-state index in [1.54, 1.807) is 23.1 Å². The lowest BCUT2D eigenvalue weighted by Gasteiger charge is -2.47. The lowest BCUT2D eigenvalue weighted by atomic mass is 9.82. The molecule has 2 fully saturated rings. The van der Waals surface area contributed by atoms with Gasteiger partial charge >= 0.3 is 0 Å². The van der Waals surface area contributed by atoms with Gasteiger partial charge in [-0.05, 0) is 51.3 Å². The SMILES string of the molecule is CN(c1cnc(-c2ccc(-c3ccn(C)n3)cc2O)cn1)[C@@H]1C[C@@]2(C)CC[C@](C)(N2)[C@@H]1F. The minimum atomic E-state index is -0.993. The zero-order valence-electron chi connectivity index (χ0n) is 18.9. The normalized spacial score (nSPS) is 29.3. The van der Waals surface area contributed by atoms with Crippen LogP contribution in [0.5, 0.6) is 5.75 Å². The summed E-state index contributed by atoms with van der Waals surface area (Å²) in [5, 5.41) is 18.5. The van der Waals surface area contributed by atoms with Crippen molar-refractivity contribution in [2.45, 2.75) is 56.4 Å². The first-order chi connectivity index (χ1) is 15.2. The Morgan fingerprint density at radius 2 is 1.97 bits per heavy atom. The number of nitrogens with zero attached hydrogens (tertiary/aromatic N) is 5. The van der Waals surface area contributed by atoms with Crippen molar-refractivity contribution < 1.29 is 9.50 Å². The van der Waals surface area contributed by atoms with Crippen LogP contribution < -0.4 is 10.2 Å². The Hall–Kier alpha value is -3.00. The predicted molar refractivity (Wildman–Crippen MR) is 122 cm³/mol. The van der Waals surface area contributed by atoms with Crippen molar-refractivity contribution in [2.75, 3.05) is 11.9 Å². The Labute approximate surface area is 187 Å². The van der Waals surface area contributed by atoms with Crippen LogP contribution in [-0.2, 0) is 7.05 Å². The first kappa shape index (κ1) is 20.9. The number of alkyl halides is 1. The highest BCUT2D eigenvalue weighted by atomic mass is 19.1. The average molecular weight is 437 g/mol. The molecule has 2 bridgehead atoms. The van der Waals surface area contributed by atoms with Gasteiger partial charge in [-0.1, -0.05) is 6.07 Å². The maximum Gasteiger partial charge on any atom is 0.147 e. The number of phenolic OH excluding ortho intramolecular Hbond substituents is 1. The number of hydrogen-bond donors (Lipinski definition) is 2. The lowest BCUT2D eigenvalue weighted by Crippen LogP contribution is -2.65. The van der Waals surface area contributed by atoms with Crippen molar-refractivity contribution >= 4 is 5.82 Å². The van der Waals surface area contributed by atoms with E-state index >= 15 is 4.39 Å². The van der Waals surface area contributed by atoms with Gasteiger partial charge in [0.25, 0.3) is 0 Å². The first-order valence-corrected chi connectivity index (χ1v) is 11.0. The monoisotopic (exact) mass is 436 g/mol. The molecular weight excluding hydrogens is 407 g/mol. The highest BCUT2D eigenvalue weighted by Gasteiger charge is 2.56. The van der Waals surface area contributed by atoms with Crippen LogP contribution in [0.1, 0.15) is 33.1 Å². The van der Waals surface area contributed by atoms with E-state index in [0.29, 0.717) is 17.1 Å². The van der Waals surface area contributed by atoms with Crippen LogP contribution >= 0.6 is 0 Å². The van der Waals surface area contributed by atoms with Gasteiger partial charge in [0.1, 0.15) is 17.7 Å². The van der Waals surface area contributed by atoms with Crippen LogP contribution in [0.4, 0.5) is 10.2 Å². The molecule has 0 saturated carbocycles. The van der Waals surface area contributed by atoms with Crippen molar-refractivity contribution in [1.29, 1.82) is 0 Å². The Balaban J connectivity index is 1.37. The maximum absolute atomic E-state index is 15.4. The number of phenols is 1. The predicted octanol–water partition coefficient (Wildman–Crippen LogP) is 3.70. The number of nitrogens with one attached hydrogen (secondary N) is 1. The van der Waals surface area contributed by atoms with Gasteiger partial charge in [0.15, 0.2) is 0 Å². The molecule has 4 heterocycles. The third-order valence-electron chi connectivity index (χ3n) is 7.17. The van der Waals surface area contributed by atoms with Gasteiger partial charge in [-0.25, -0.2) is 9.37 Å². The quantitative estimate of drug-likeness (QED) is 0.649. The van der Waals surface area contributed by atoms with Gasteiger partial charge in [0.2, 0.25) is 0 Å². The summed E-state index contributed by atoms with van der Waals surface area (Å²) in [6.07, 6.45) is 6.70. The number of halogens is 1. The molecule has 0 radical (unpaired) electrons. The molecule has 2 N–H and O–H groups in total. The molecule has 5 rings (SSSR count). The minimum absolute atomic E-state index is 0.0508. The van der Waals surface area contributed by atoms with Gasteiger partial charge in [0, 0.05) is 42.5 Å². The largest absolute Gasteiger partial charge is 0.507 e. The summed E-state index contributed by atoms with van der Waals surface area (Å²) >= 11 is 0. The Morgan fingerprint density at radius 1 is 1.16 bits per heavy atom. The van der Waals surface area contributed by atoms with Crippen molar-refractivity contribution in [2.24, 2.45) is 7.05 Å². The van der Waals surface area contributed by atoms with Crippen LogP contribution in [0, 0.1) is 0 Å². The Morgan fingerprint density at radius 3 is 2.62 bits per heavy atom. The molecule has 3 aromatic rings. The van der Waals surface area contributed by atoms with Gasteiger partial charge in [0.05, 0.1) is 29.8 Å². The lowest BCUT2D eigenvalue weighted by molar-refractivity contribution is 0.0859. The molecule has 2 saturated heterocycles. The van der Waals surface area contributed by atoms with E-state index in [9.17, 15) is 5.11 Å². The third-order valence-corrected chi connectivity index (χ3v) is 7.17. The molecule has 0 unspecified atom stereocenters. The number of rotatable bonds is 4. The highest BCUT2D eigenvalue weighted by Crippen LogP contribution is 2.45. The number of aromatic hydroxyl groups is 1.